The van der Waals surface area contributed by atoms with Gasteiger partial charge in [-0.1, -0.05) is 12.7 Å². The van der Waals surface area contributed by atoms with E-state index in [0.717, 1.165) is 0 Å². The molecular weight excluding hydrogens is 89.7 g/mol. The number of hydrogen-bond acceptors (Lipinski definition) is 1. The van der Waals surface area contributed by atoms with E-state index in [1.807, 2.05) is 11.6 Å². The van der Waals surface area contributed by atoms with Crippen molar-refractivity contribution in [2.24, 2.45) is 0 Å². The first-order valence-electron chi connectivity index (χ1n) is 2.40. The highest BCUT2D eigenvalue weighted by Crippen LogP contribution is 1.94. The van der Waals surface area contributed by atoms with Gasteiger partial charge in [-0.3, -0.25) is 0 Å². The summed E-state index contributed by atoms with van der Waals surface area (Å²) in [5.74, 6) is 1.33. The van der Waals surface area contributed by atoms with Crippen LogP contribution >= 0.6 is 11.6 Å². The standard InChI is InChI=1S/C3H10B2S/c4-2-1-3-6-5/h1-5H2. The van der Waals surface area contributed by atoms with Crippen molar-refractivity contribution >= 4 is 26.6 Å². The van der Waals surface area contributed by atoms with Crippen LogP contribution in [0.25, 0.3) is 0 Å². The van der Waals surface area contributed by atoms with Gasteiger partial charge in [0.25, 0.3) is 0 Å². The first-order chi connectivity index (χ1) is 2.91. The van der Waals surface area contributed by atoms with E-state index in [1.54, 1.807) is 0 Å². The van der Waals surface area contributed by atoms with E-state index in [0.29, 0.717) is 0 Å². The molecule has 0 atom stereocenters. The van der Waals surface area contributed by atoms with Crippen molar-refractivity contribution in [1.82, 2.24) is 0 Å². The van der Waals surface area contributed by atoms with Crippen LogP contribution in [-0.4, -0.2) is 20.7 Å². The lowest BCUT2D eigenvalue weighted by atomic mass is 10.0. The lowest BCUT2D eigenvalue weighted by molar-refractivity contribution is 1.10. The predicted molar refractivity (Wildman–Crippen MR) is 39.0 cm³/mol. The van der Waals surface area contributed by atoms with Crippen LogP contribution in [0.4, 0.5) is 0 Å². The molecule has 3 heteroatoms. The fraction of sp³-hybridized carbons (Fsp3) is 1.00. The van der Waals surface area contributed by atoms with Crippen LogP contribution in [0, 0.1) is 0 Å². The molecule has 0 bridgehead atoms. The average molecular weight is 99.8 g/mol. The predicted octanol–water partition coefficient (Wildman–Crippen LogP) is -0.291. The molecule has 0 fully saturated rings. The molecule has 0 aromatic rings. The highest BCUT2D eigenvalue weighted by molar-refractivity contribution is 8.19. The average Bonchev–Trinajstić information content (AvgIpc) is 1.61. The minimum Gasteiger partial charge on any atom is -0.220 e. The minimum absolute atomic E-state index is 1.33. The topological polar surface area (TPSA) is 0 Å². The summed E-state index contributed by atoms with van der Waals surface area (Å²) < 4.78 is 0. The summed E-state index contributed by atoms with van der Waals surface area (Å²) in [6.07, 6.45) is 2.71. The van der Waals surface area contributed by atoms with Crippen molar-refractivity contribution in [3.05, 3.63) is 0 Å². The minimum atomic E-state index is 1.33. The summed E-state index contributed by atoms with van der Waals surface area (Å²) in [5, 5.41) is 0. The first kappa shape index (κ1) is 6.48. The van der Waals surface area contributed by atoms with E-state index >= 15 is 0 Å². The summed E-state index contributed by atoms with van der Waals surface area (Å²) in [5.41, 5.74) is 0. The largest absolute Gasteiger partial charge is 0.220 e. The SMILES string of the molecule is BCCCSB. The third-order valence-electron chi connectivity index (χ3n) is 0.702. The molecule has 0 aliphatic carbocycles. The molecule has 34 valence electrons. The van der Waals surface area contributed by atoms with Gasteiger partial charge in [-0.25, -0.2) is 11.6 Å². The summed E-state index contributed by atoms with van der Waals surface area (Å²) >= 11 is 1.93. The summed E-state index contributed by atoms with van der Waals surface area (Å²) in [6, 6.07) is 0. The molecule has 0 saturated heterocycles. The maximum atomic E-state index is 2.22. The van der Waals surface area contributed by atoms with Gasteiger partial charge in [-0.15, -0.1) is 0 Å². The molecule has 0 radical (unpaired) electrons. The Balaban J connectivity index is 2.34. The molecule has 0 amide bonds. The Morgan fingerprint density at radius 2 is 2.17 bits per heavy atom. The molecule has 0 aromatic carbocycles. The summed E-state index contributed by atoms with van der Waals surface area (Å²) in [4.78, 5) is 0. The third-order valence-corrected chi connectivity index (χ3v) is 1.40. The van der Waals surface area contributed by atoms with Crippen molar-refractivity contribution in [2.45, 2.75) is 12.7 Å². The lowest BCUT2D eigenvalue weighted by Gasteiger charge is -1.86. The van der Waals surface area contributed by atoms with Crippen LogP contribution in [0.5, 0.6) is 0 Å². The molecular formula is C3H10B2S. The Morgan fingerprint density at radius 3 is 2.33 bits per heavy atom. The Morgan fingerprint density at radius 1 is 1.50 bits per heavy atom. The van der Waals surface area contributed by atoms with Crippen LogP contribution in [0.15, 0.2) is 0 Å². The Hall–Kier alpha value is 0.480. The Kier molecular flexibility index (Phi) is 5.92. The fourth-order valence-electron chi connectivity index (χ4n) is 0.289. The Labute approximate surface area is 45.8 Å². The summed E-state index contributed by atoms with van der Waals surface area (Å²) in [6.45, 7) is 0. The molecule has 0 aliphatic heterocycles. The normalized spacial score (nSPS) is 8.67. The zero-order valence-corrected chi connectivity index (χ0v) is 5.35. The highest BCUT2D eigenvalue weighted by atomic mass is 32.2. The van der Waals surface area contributed by atoms with Crippen LogP contribution in [0.1, 0.15) is 6.42 Å². The van der Waals surface area contributed by atoms with Gasteiger partial charge in [0.2, 0.25) is 0 Å². The van der Waals surface area contributed by atoms with Crippen LogP contribution < -0.4 is 0 Å². The zero-order valence-electron chi connectivity index (χ0n) is 4.53. The van der Waals surface area contributed by atoms with Crippen molar-refractivity contribution in [3.8, 4) is 0 Å². The fourth-order valence-corrected chi connectivity index (χ4v) is 0.866. The molecule has 0 aromatic heterocycles. The molecule has 0 nitrogen and oxygen atoms in total. The van der Waals surface area contributed by atoms with Crippen molar-refractivity contribution < 1.29 is 0 Å². The highest BCUT2D eigenvalue weighted by Gasteiger charge is 1.75. The third kappa shape index (κ3) is 4.48. The number of hydrogen-bond donors (Lipinski definition) is 0. The second-order valence-electron chi connectivity index (χ2n) is 1.35. The smallest absolute Gasteiger partial charge is 0.173 e. The quantitative estimate of drug-likeness (QED) is 0.346. The van der Waals surface area contributed by atoms with Gasteiger partial charge in [0.1, 0.15) is 7.85 Å². The maximum absolute atomic E-state index is 2.22. The van der Waals surface area contributed by atoms with E-state index in [9.17, 15) is 0 Å². The molecule has 0 spiro atoms. The molecule has 0 heterocycles. The van der Waals surface area contributed by atoms with E-state index in [2.05, 4.69) is 15.0 Å². The van der Waals surface area contributed by atoms with Gasteiger partial charge in [0, 0.05) is 0 Å². The van der Waals surface area contributed by atoms with Gasteiger partial charge in [-0.05, 0) is 5.75 Å². The van der Waals surface area contributed by atoms with E-state index in [1.165, 1.54) is 18.5 Å². The second kappa shape index (κ2) is 5.48. The molecule has 0 aliphatic rings. The summed E-state index contributed by atoms with van der Waals surface area (Å²) in [7, 11) is 4.37. The van der Waals surface area contributed by atoms with E-state index < -0.39 is 0 Å². The molecule has 0 rings (SSSR count). The molecule has 0 saturated carbocycles. The first-order valence-corrected chi connectivity index (χ1v) is 3.80. The van der Waals surface area contributed by atoms with Crippen LogP contribution in [0.3, 0.4) is 0 Å². The molecule has 0 N–H and O–H groups in total. The van der Waals surface area contributed by atoms with Gasteiger partial charge < -0.3 is 0 Å². The number of rotatable bonds is 3. The van der Waals surface area contributed by atoms with E-state index in [-0.39, 0.29) is 0 Å². The van der Waals surface area contributed by atoms with Gasteiger partial charge in [-0.2, -0.15) is 0 Å². The van der Waals surface area contributed by atoms with E-state index in [4.69, 9.17) is 0 Å². The van der Waals surface area contributed by atoms with Gasteiger partial charge >= 0.3 is 0 Å². The lowest BCUT2D eigenvalue weighted by Crippen LogP contribution is -1.74. The maximum Gasteiger partial charge on any atom is 0.173 e. The van der Waals surface area contributed by atoms with Crippen LogP contribution in [-0.2, 0) is 0 Å². The monoisotopic (exact) mass is 100 g/mol. The van der Waals surface area contributed by atoms with Gasteiger partial charge in [0.05, 0.1) is 0 Å². The Bertz CT molecular complexity index is 20.8. The molecule has 6 heavy (non-hydrogen) atoms. The van der Waals surface area contributed by atoms with Crippen molar-refractivity contribution in [1.29, 1.82) is 0 Å². The second-order valence-corrected chi connectivity index (χ2v) is 2.33. The van der Waals surface area contributed by atoms with Gasteiger partial charge in [0.15, 0.2) is 7.12 Å². The molecule has 0 unspecified atom stereocenters. The zero-order chi connectivity index (χ0) is 4.83. The van der Waals surface area contributed by atoms with Crippen LogP contribution in [0.2, 0.25) is 6.32 Å². The van der Waals surface area contributed by atoms with Crippen molar-refractivity contribution in [3.63, 3.8) is 0 Å². The van der Waals surface area contributed by atoms with Crippen molar-refractivity contribution in [2.75, 3.05) is 5.75 Å².